The second kappa shape index (κ2) is 24.5. The molecule has 0 radical (unpaired) electrons. The van der Waals surface area contributed by atoms with Crippen LogP contribution >= 0.6 is 0 Å². The minimum absolute atomic E-state index is 0.0567. The van der Waals surface area contributed by atoms with Gasteiger partial charge in [0.2, 0.25) is 0 Å². The quantitative estimate of drug-likeness (QED) is 0.0841. The molecule has 9 nitrogen and oxygen atoms in total. The Hall–Kier alpha value is -1.56. The SMILES string of the molecule is CCCCCCCCCCCC(=O)OCCOCCOCCOCCOCCOS(=O)(=O)c1ccccc1. The van der Waals surface area contributed by atoms with E-state index in [-0.39, 0.29) is 30.7 Å². The van der Waals surface area contributed by atoms with E-state index < -0.39 is 10.1 Å². The highest BCUT2D eigenvalue weighted by Gasteiger charge is 2.13. The minimum Gasteiger partial charge on any atom is -0.463 e. The number of carbonyl (C=O) groups excluding carboxylic acids is 1. The van der Waals surface area contributed by atoms with Gasteiger partial charge < -0.3 is 23.7 Å². The Morgan fingerprint density at radius 1 is 0.605 bits per heavy atom. The average molecular weight is 561 g/mol. The van der Waals surface area contributed by atoms with E-state index in [4.69, 9.17) is 27.9 Å². The summed E-state index contributed by atoms with van der Waals surface area (Å²) in [5.74, 6) is -0.154. The molecule has 0 heterocycles. The number of benzene rings is 1. The molecule has 0 amide bonds. The summed E-state index contributed by atoms with van der Waals surface area (Å²) in [4.78, 5) is 11.8. The van der Waals surface area contributed by atoms with Crippen LogP contribution in [-0.2, 0) is 42.8 Å². The fourth-order valence-corrected chi connectivity index (χ4v) is 4.40. The summed E-state index contributed by atoms with van der Waals surface area (Å²) < 4.78 is 55.5. The molecule has 0 aliphatic rings. The molecule has 0 unspecified atom stereocenters. The number of carbonyl (C=O) groups is 1. The molecular formula is C28H48O9S. The van der Waals surface area contributed by atoms with Gasteiger partial charge in [-0.05, 0) is 18.6 Å². The third-order valence-corrected chi connectivity index (χ3v) is 6.92. The van der Waals surface area contributed by atoms with Crippen LogP contribution in [0.4, 0.5) is 0 Å². The maximum Gasteiger partial charge on any atom is 0.305 e. The zero-order chi connectivity index (χ0) is 27.6. The molecule has 220 valence electrons. The molecule has 0 saturated heterocycles. The lowest BCUT2D eigenvalue weighted by Gasteiger charge is -2.08. The van der Waals surface area contributed by atoms with E-state index in [2.05, 4.69) is 6.92 Å². The van der Waals surface area contributed by atoms with E-state index in [0.29, 0.717) is 52.7 Å². The van der Waals surface area contributed by atoms with E-state index in [9.17, 15) is 13.2 Å². The van der Waals surface area contributed by atoms with Crippen molar-refractivity contribution >= 4 is 16.1 Å². The van der Waals surface area contributed by atoms with E-state index in [1.165, 1.54) is 57.1 Å². The van der Waals surface area contributed by atoms with Crippen LogP contribution in [0.5, 0.6) is 0 Å². The molecule has 0 atom stereocenters. The smallest absolute Gasteiger partial charge is 0.305 e. The maximum atomic E-state index is 11.9. The van der Waals surface area contributed by atoms with E-state index in [1.54, 1.807) is 18.2 Å². The van der Waals surface area contributed by atoms with E-state index >= 15 is 0 Å². The lowest BCUT2D eigenvalue weighted by atomic mass is 10.1. The Balaban J connectivity index is 1.76. The molecule has 0 N–H and O–H groups in total. The van der Waals surface area contributed by atoms with Gasteiger partial charge in [0.25, 0.3) is 10.1 Å². The lowest BCUT2D eigenvalue weighted by Crippen LogP contribution is -2.15. The summed E-state index contributed by atoms with van der Waals surface area (Å²) in [5.41, 5.74) is 0. The predicted octanol–water partition coefficient (Wildman–Crippen LogP) is 4.92. The number of hydrogen-bond donors (Lipinski definition) is 0. The van der Waals surface area contributed by atoms with Gasteiger partial charge in [-0.1, -0.05) is 76.5 Å². The summed E-state index contributed by atoms with van der Waals surface area (Å²) in [6.07, 6.45) is 11.5. The normalized spacial score (nSPS) is 11.6. The van der Waals surface area contributed by atoms with E-state index in [1.807, 2.05) is 0 Å². The Morgan fingerprint density at radius 3 is 1.58 bits per heavy atom. The largest absolute Gasteiger partial charge is 0.463 e. The molecule has 0 spiro atoms. The molecule has 1 aromatic carbocycles. The van der Waals surface area contributed by atoms with Crippen molar-refractivity contribution in [2.75, 3.05) is 66.1 Å². The first-order valence-electron chi connectivity index (χ1n) is 14.0. The molecule has 0 aliphatic heterocycles. The van der Waals surface area contributed by atoms with Crippen LogP contribution < -0.4 is 0 Å². The number of rotatable bonds is 27. The van der Waals surface area contributed by atoms with Gasteiger partial charge >= 0.3 is 5.97 Å². The molecule has 1 aromatic rings. The fraction of sp³-hybridized carbons (Fsp3) is 0.750. The second-order valence-corrected chi connectivity index (χ2v) is 10.5. The summed E-state index contributed by atoms with van der Waals surface area (Å²) in [5, 5.41) is 0. The van der Waals surface area contributed by atoms with Crippen molar-refractivity contribution in [2.24, 2.45) is 0 Å². The van der Waals surface area contributed by atoms with Crippen LogP contribution in [0.1, 0.15) is 71.1 Å². The molecule has 0 fully saturated rings. The van der Waals surface area contributed by atoms with Crippen LogP contribution in [0.3, 0.4) is 0 Å². The molecule has 10 heteroatoms. The van der Waals surface area contributed by atoms with Gasteiger partial charge in [0.1, 0.15) is 6.61 Å². The highest BCUT2D eigenvalue weighted by molar-refractivity contribution is 7.86. The first kappa shape index (κ1) is 34.5. The first-order valence-corrected chi connectivity index (χ1v) is 15.4. The van der Waals surface area contributed by atoms with Gasteiger partial charge in [0.05, 0.1) is 64.4 Å². The first-order chi connectivity index (χ1) is 18.6. The topological polar surface area (TPSA) is 107 Å². The lowest BCUT2D eigenvalue weighted by molar-refractivity contribution is -0.145. The Bertz CT molecular complexity index is 772. The zero-order valence-electron chi connectivity index (χ0n) is 23.1. The summed E-state index contributed by atoms with van der Waals surface area (Å²) in [6, 6.07) is 7.98. The summed E-state index contributed by atoms with van der Waals surface area (Å²) >= 11 is 0. The Morgan fingerprint density at radius 2 is 1.05 bits per heavy atom. The number of esters is 1. The highest BCUT2D eigenvalue weighted by Crippen LogP contribution is 2.11. The van der Waals surface area contributed by atoms with Crippen molar-refractivity contribution in [3.05, 3.63) is 30.3 Å². The average Bonchev–Trinajstić information content (AvgIpc) is 2.92. The van der Waals surface area contributed by atoms with Gasteiger partial charge in [-0.25, -0.2) is 0 Å². The van der Waals surface area contributed by atoms with Crippen molar-refractivity contribution in [3.8, 4) is 0 Å². The molecular weight excluding hydrogens is 512 g/mol. The van der Waals surface area contributed by atoms with Crippen molar-refractivity contribution in [1.29, 1.82) is 0 Å². The van der Waals surface area contributed by atoms with Crippen molar-refractivity contribution in [3.63, 3.8) is 0 Å². The van der Waals surface area contributed by atoms with Crippen molar-refractivity contribution in [2.45, 2.75) is 76.0 Å². The molecule has 0 aromatic heterocycles. The van der Waals surface area contributed by atoms with Gasteiger partial charge in [-0.2, -0.15) is 8.42 Å². The second-order valence-electron chi connectivity index (χ2n) is 8.84. The molecule has 0 aliphatic carbocycles. The molecule has 38 heavy (non-hydrogen) atoms. The fourth-order valence-electron chi connectivity index (χ4n) is 3.49. The monoisotopic (exact) mass is 560 g/mol. The van der Waals surface area contributed by atoms with Gasteiger partial charge in [0, 0.05) is 6.42 Å². The number of ether oxygens (including phenoxy) is 5. The van der Waals surface area contributed by atoms with Crippen molar-refractivity contribution in [1.82, 2.24) is 0 Å². The van der Waals surface area contributed by atoms with Crippen LogP contribution in [0, 0.1) is 0 Å². The summed E-state index contributed by atoms with van der Waals surface area (Å²) in [7, 11) is -3.75. The van der Waals surface area contributed by atoms with Crippen LogP contribution in [0.15, 0.2) is 35.2 Å². The van der Waals surface area contributed by atoms with E-state index in [0.717, 1.165) is 12.8 Å². The molecule has 1 rings (SSSR count). The Kier molecular flexibility index (Phi) is 22.2. The third-order valence-electron chi connectivity index (χ3n) is 5.59. The Labute approximate surface area is 229 Å². The van der Waals surface area contributed by atoms with Crippen molar-refractivity contribution < 1.29 is 41.1 Å². The van der Waals surface area contributed by atoms with Crippen LogP contribution in [0.2, 0.25) is 0 Å². The van der Waals surface area contributed by atoms with Gasteiger partial charge in [-0.3, -0.25) is 8.98 Å². The van der Waals surface area contributed by atoms with Gasteiger partial charge in [0.15, 0.2) is 0 Å². The van der Waals surface area contributed by atoms with Crippen LogP contribution in [0.25, 0.3) is 0 Å². The highest BCUT2D eigenvalue weighted by atomic mass is 32.2. The third kappa shape index (κ3) is 20.4. The maximum absolute atomic E-state index is 11.9. The molecule has 0 bridgehead atoms. The standard InChI is InChI=1S/C28H48O9S/c1-2-3-4-5-6-7-8-9-13-16-28(29)36-25-23-34-21-19-32-17-18-33-20-22-35-24-26-37-38(30,31)27-14-11-10-12-15-27/h10-12,14-15H,2-9,13,16-26H2,1H3. The zero-order valence-corrected chi connectivity index (χ0v) is 23.9. The minimum atomic E-state index is -3.75. The number of hydrogen-bond acceptors (Lipinski definition) is 9. The predicted molar refractivity (Wildman–Crippen MR) is 146 cm³/mol. The van der Waals surface area contributed by atoms with Gasteiger partial charge in [-0.15, -0.1) is 0 Å². The summed E-state index contributed by atoms with van der Waals surface area (Å²) in [6.45, 7) is 5.34. The molecule has 0 saturated carbocycles. The van der Waals surface area contributed by atoms with Crippen LogP contribution in [-0.4, -0.2) is 80.5 Å². The number of unbranched alkanes of at least 4 members (excludes halogenated alkanes) is 8.